The molecule has 0 aliphatic carbocycles. The number of amides is 2. The fourth-order valence-corrected chi connectivity index (χ4v) is 2.15. The second kappa shape index (κ2) is 4.57. The Morgan fingerprint density at radius 2 is 2.28 bits per heavy atom. The van der Waals surface area contributed by atoms with E-state index in [9.17, 15) is 9.59 Å². The van der Waals surface area contributed by atoms with Gasteiger partial charge in [-0.1, -0.05) is 11.6 Å². The zero-order chi connectivity index (χ0) is 13.3. The predicted octanol–water partition coefficient (Wildman–Crippen LogP) is 1.09. The molecule has 1 aromatic heterocycles. The van der Waals surface area contributed by atoms with Gasteiger partial charge >= 0.3 is 0 Å². The zero-order valence-electron chi connectivity index (χ0n) is 10.2. The molecule has 0 radical (unpaired) electrons. The first-order valence-corrected chi connectivity index (χ1v) is 6.02. The van der Waals surface area contributed by atoms with E-state index in [4.69, 9.17) is 11.6 Å². The van der Waals surface area contributed by atoms with Gasteiger partial charge in [0.25, 0.3) is 5.91 Å². The molecule has 2 heterocycles. The number of halogens is 1. The first kappa shape index (κ1) is 12.8. The maximum absolute atomic E-state index is 12.4. The van der Waals surface area contributed by atoms with E-state index in [1.54, 1.807) is 19.9 Å². The topological polar surface area (TPSA) is 62.3 Å². The second-order valence-corrected chi connectivity index (χ2v) is 5.03. The molecule has 0 aromatic carbocycles. The average molecular weight is 268 g/mol. The van der Waals surface area contributed by atoms with Crippen molar-refractivity contribution in [3.63, 3.8) is 0 Å². The number of carbonyl (C=O) groups is 2. The Labute approximate surface area is 110 Å². The van der Waals surface area contributed by atoms with Crippen molar-refractivity contribution in [3.05, 3.63) is 29.0 Å². The summed E-state index contributed by atoms with van der Waals surface area (Å²) in [6.07, 6.45) is 2.93. The monoisotopic (exact) mass is 267 g/mol. The van der Waals surface area contributed by atoms with Crippen LogP contribution >= 0.6 is 11.6 Å². The number of hydrogen-bond donors (Lipinski definition) is 1. The molecule has 0 saturated carbocycles. The Balaban J connectivity index is 2.34. The van der Waals surface area contributed by atoms with Crippen molar-refractivity contribution in [3.8, 4) is 0 Å². The van der Waals surface area contributed by atoms with E-state index >= 15 is 0 Å². The van der Waals surface area contributed by atoms with Crippen LogP contribution in [0, 0.1) is 0 Å². The van der Waals surface area contributed by atoms with E-state index in [-0.39, 0.29) is 11.8 Å². The summed E-state index contributed by atoms with van der Waals surface area (Å²) in [6, 6.07) is 1.56. The molecule has 96 valence electrons. The van der Waals surface area contributed by atoms with Gasteiger partial charge in [0.15, 0.2) is 0 Å². The van der Waals surface area contributed by atoms with Gasteiger partial charge in [-0.25, -0.2) is 0 Å². The molecule has 5 nitrogen and oxygen atoms in total. The first-order chi connectivity index (χ1) is 8.44. The minimum absolute atomic E-state index is 0.160. The van der Waals surface area contributed by atoms with Crippen molar-refractivity contribution in [2.45, 2.75) is 19.4 Å². The molecule has 1 fully saturated rings. The molecule has 1 saturated heterocycles. The van der Waals surface area contributed by atoms with Crippen LogP contribution in [0.5, 0.6) is 0 Å². The van der Waals surface area contributed by atoms with Crippen molar-refractivity contribution < 1.29 is 9.59 Å². The number of piperazine rings is 1. The first-order valence-electron chi connectivity index (χ1n) is 5.64. The van der Waals surface area contributed by atoms with Gasteiger partial charge in [0, 0.05) is 25.5 Å². The average Bonchev–Trinajstić information content (AvgIpc) is 2.32. The quantitative estimate of drug-likeness (QED) is 0.828. The number of hydrogen-bond acceptors (Lipinski definition) is 3. The number of nitrogens with one attached hydrogen (secondary N) is 1. The highest BCUT2D eigenvalue weighted by Crippen LogP contribution is 2.23. The molecule has 1 N–H and O–H groups in total. The fraction of sp³-hybridized carbons (Fsp3) is 0.417. The summed E-state index contributed by atoms with van der Waals surface area (Å²) in [5, 5.41) is 3.04. The minimum Gasteiger partial charge on any atom is -0.352 e. The summed E-state index contributed by atoms with van der Waals surface area (Å²) in [7, 11) is 0. The Morgan fingerprint density at radius 3 is 2.94 bits per heavy atom. The molecular formula is C12H14ClN3O2. The van der Waals surface area contributed by atoms with Gasteiger partial charge in [0.2, 0.25) is 5.91 Å². The van der Waals surface area contributed by atoms with Crippen LogP contribution in [0.4, 0.5) is 0 Å². The molecule has 2 amide bonds. The highest BCUT2D eigenvalue weighted by atomic mass is 35.5. The minimum atomic E-state index is -0.873. The summed E-state index contributed by atoms with van der Waals surface area (Å²) in [5.41, 5.74) is -0.503. The Bertz CT molecular complexity index is 502. The molecule has 1 aliphatic heterocycles. The maximum Gasteiger partial charge on any atom is 0.256 e. The largest absolute Gasteiger partial charge is 0.352 e. The highest BCUT2D eigenvalue weighted by molar-refractivity contribution is 6.33. The van der Waals surface area contributed by atoms with Crippen LogP contribution in [-0.4, -0.2) is 40.3 Å². The molecule has 18 heavy (non-hydrogen) atoms. The van der Waals surface area contributed by atoms with Gasteiger partial charge in [-0.05, 0) is 19.9 Å². The molecule has 0 bridgehead atoms. The van der Waals surface area contributed by atoms with Gasteiger partial charge in [-0.15, -0.1) is 0 Å². The third kappa shape index (κ3) is 2.06. The lowest BCUT2D eigenvalue weighted by Gasteiger charge is -2.41. The fourth-order valence-electron chi connectivity index (χ4n) is 1.95. The second-order valence-electron chi connectivity index (χ2n) is 4.63. The van der Waals surface area contributed by atoms with Gasteiger partial charge in [0.05, 0.1) is 10.6 Å². The van der Waals surface area contributed by atoms with Crippen LogP contribution in [0.3, 0.4) is 0 Å². The number of rotatable bonds is 1. The van der Waals surface area contributed by atoms with Crippen LogP contribution < -0.4 is 5.32 Å². The third-order valence-corrected chi connectivity index (χ3v) is 3.40. The molecular weight excluding hydrogens is 254 g/mol. The van der Waals surface area contributed by atoms with E-state index in [0.717, 1.165) is 0 Å². The van der Waals surface area contributed by atoms with E-state index in [2.05, 4.69) is 10.3 Å². The van der Waals surface area contributed by atoms with Gasteiger partial charge in [-0.2, -0.15) is 0 Å². The highest BCUT2D eigenvalue weighted by Gasteiger charge is 2.41. The molecule has 0 spiro atoms. The summed E-state index contributed by atoms with van der Waals surface area (Å²) in [5.74, 6) is -0.408. The van der Waals surface area contributed by atoms with E-state index < -0.39 is 5.54 Å². The van der Waals surface area contributed by atoms with E-state index in [1.165, 1.54) is 17.3 Å². The van der Waals surface area contributed by atoms with Crippen LogP contribution in [0.1, 0.15) is 24.2 Å². The Hall–Kier alpha value is -1.62. The lowest BCUT2D eigenvalue weighted by molar-refractivity contribution is -0.133. The molecule has 0 atom stereocenters. The van der Waals surface area contributed by atoms with Crippen molar-refractivity contribution in [1.82, 2.24) is 15.2 Å². The van der Waals surface area contributed by atoms with Gasteiger partial charge < -0.3 is 10.2 Å². The van der Waals surface area contributed by atoms with Crippen LogP contribution in [-0.2, 0) is 4.79 Å². The number of pyridine rings is 1. The smallest absolute Gasteiger partial charge is 0.256 e. The number of carbonyl (C=O) groups excluding carboxylic acids is 2. The van der Waals surface area contributed by atoms with Crippen LogP contribution in [0.15, 0.2) is 18.5 Å². The van der Waals surface area contributed by atoms with Crippen molar-refractivity contribution >= 4 is 23.4 Å². The lowest BCUT2D eigenvalue weighted by Crippen LogP contribution is -2.63. The number of aromatic nitrogens is 1. The van der Waals surface area contributed by atoms with Crippen LogP contribution in [0.2, 0.25) is 5.02 Å². The Kier molecular flexibility index (Phi) is 3.26. The maximum atomic E-state index is 12.4. The standard InChI is InChI=1S/C12H14ClN3O2/c1-12(2)11(18)15-5-6-16(12)10(17)8-3-4-14-7-9(8)13/h3-4,7H,5-6H2,1-2H3,(H,15,18). The number of nitrogens with zero attached hydrogens (tertiary/aromatic N) is 2. The summed E-state index contributed by atoms with van der Waals surface area (Å²) >= 11 is 5.96. The molecule has 0 unspecified atom stereocenters. The summed E-state index contributed by atoms with van der Waals surface area (Å²) in [6.45, 7) is 4.36. The van der Waals surface area contributed by atoms with Gasteiger partial charge in [-0.3, -0.25) is 14.6 Å². The van der Waals surface area contributed by atoms with Gasteiger partial charge in [0.1, 0.15) is 5.54 Å². The van der Waals surface area contributed by atoms with Crippen molar-refractivity contribution in [2.75, 3.05) is 13.1 Å². The van der Waals surface area contributed by atoms with Crippen molar-refractivity contribution in [1.29, 1.82) is 0 Å². The molecule has 2 rings (SSSR count). The summed E-state index contributed by atoms with van der Waals surface area (Å²) < 4.78 is 0. The molecule has 1 aromatic rings. The predicted molar refractivity (Wildman–Crippen MR) is 67.4 cm³/mol. The van der Waals surface area contributed by atoms with Crippen molar-refractivity contribution in [2.24, 2.45) is 0 Å². The zero-order valence-corrected chi connectivity index (χ0v) is 11.0. The molecule has 1 aliphatic rings. The van der Waals surface area contributed by atoms with E-state index in [1.807, 2.05) is 0 Å². The third-order valence-electron chi connectivity index (χ3n) is 3.10. The SMILES string of the molecule is CC1(C)C(=O)NCCN1C(=O)c1ccncc1Cl. The molecule has 6 heteroatoms. The van der Waals surface area contributed by atoms with E-state index in [0.29, 0.717) is 23.7 Å². The Morgan fingerprint density at radius 1 is 1.56 bits per heavy atom. The normalized spacial score (nSPS) is 18.4. The lowest BCUT2D eigenvalue weighted by atomic mass is 9.98. The summed E-state index contributed by atoms with van der Waals surface area (Å²) in [4.78, 5) is 29.6. The van der Waals surface area contributed by atoms with Crippen LogP contribution in [0.25, 0.3) is 0 Å².